The van der Waals surface area contributed by atoms with E-state index < -0.39 is 0 Å². The fourth-order valence-electron chi connectivity index (χ4n) is 16.2. The highest BCUT2D eigenvalue weighted by molar-refractivity contribution is 6.10. The molecule has 0 unspecified atom stereocenters. The lowest BCUT2D eigenvalue weighted by Gasteiger charge is -2.26. The lowest BCUT2D eigenvalue weighted by atomic mass is 9.99. The van der Waals surface area contributed by atoms with Gasteiger partial charge in [-0.3, -0.25) is 0 Å². The minimum Gasteiger partial charge on any atom is -0.311 e. The van der Waals surface area contributed by atoms with E-state index in [0.29, 0.717) is 5.56 Å². The zero-order chi connectivity index (χ0) is 77.0. The van der Waals surface area contributed by atoms with Gasteiger partial charge in [0.2, 0.25) is 0 Å². The van der Waals surface area contributed by atoms with E-state index >= 15 is 0 Å². The summed E-state index contributed by atoms with van der Waals surface area (Å²) in [7, 11) is 0. The van der Waals surface area contributed by atoms with Gasteiger partial charge in [0.1, 0.15) is 0 Å². The zero-order valence-corrected chi connectivity index (χ0v) is 63.5. The van der Waals surface area contributed by atoms with Crippen molar-refractivity contribution >= 4 is 77.7 Å². The molecule has 0 bridgehead atoms. The molecule has 0 saturated heterocycles. The lowest BCUT2D eigenvalue weighted by molar-refractivity contribution is 1.18. The number of nitrogens with zero attached hydrogens (tertiary/aromatic N) is 5. The minimum absolute atomic E-state index is 0.666. The topological polar surface area (TPSA) is 40.1 Å². The van der Waals surface area contributed by atoms with Crippen LogP contribution < -0.4 is 9.80 Å². The highest BCUT2D eigenvalue weighted by Gasteiger charge is 2.20. The van der Waals surface area contributed by atoms with Crippen molar-refractivity contribution < 1.29 is 0 Å². The van der Waals surface area contributed by atoms with Crippen LogP contribution >= 0.6 is 0 Å². The van der Waals surface area contributed by atoms with E-state index in [1.165, 1.54) is 110 Å². The van der Waals surface area contributed by atoms with Crippen LogP contribution in [0.15, 0.2) is 449 Å². The fourth-order valence-corrected chi connectivity index (χ4v) is 16.2. The summed E-state index contributed by atoms with van der Waals surface area (Å²) < 4.78 is 4.74. The molecule has 0 atom stereocenters. The van der Waals surface area contributed by atoms with Gasteiger partial charge in [-0.25, -0.2) is 0 Å². The number of rotatable bonds is 16. The molecule has 2 heterocycles. The van der Waals surface area contributed by atoms with Crippen molar-refractivity contribution in [1.82, 2.24) is 9.13 Å². The molecule has 542 valence electrons. The fraction of sp³-hybridized carbons (Fsp3) is 0.00909. The van der Waals surface area contributed by atoms with Gasteiger partial charge in [-0.1, -0.05) is 321 Å². The van der Waals surface area contributed by atoms with E-state index in [1.807, 2.05) is 24.3 Å². The quantitative estimate of drug-likeness (QED) is 0.0968. The van der Waals surface area contributed by atoms with Crippen LogP contribution in [0.4, 0.5) is 34.1 Å². The van der Waals surface area contributed by atoms with Crippen molar-refractivity contribution in [3.05, 3.63) is 460 Å². The Morgan fingerprint density at radius 2 is 0.409 bits per heavy atom. The summed E-state index contributed by atoms with van der Waals surface area (Å²) in [6, 6.07) is 163. The van der Waals surface area contributed by atoms with Crippen LogP contribution in [0.2, 0.25) is 0 Å². The second kappa shape index (κ2) is 31.2. The molecule has 20 aromatic rings. The third-order valence-electron chi connectivity index (χ3n) is 22.2. The van der Waals surface area contributed by atoms with Crippen LogP contribution in [0.1, 0.15) is 11.1 Å². The van der Waals surface area contributed by atoms with Crippen LogP contribution in [0.3, 0.4) is 0 Å². The maximum atomic E-state index is 9.18. The Hall–Kier alpha value is -15.4. The summed E-state index contributed by atoms with van der Waals surface area (Å²) in [4.78, 5) is 4.67. The summed E-state index contributed by atoms with van der Waals surface area (Å²) in [5.74, 6) is 0. The first-order chi connectivity index (χ1) is 56.9. The molecule has 0 amide bonds. The number of aryl methyl sites for hydroxylation is 1. The average Bonchev–Trinajstić information content (AvgIpc) is 1.61. The summed E-state index contributed by atoms with van der Waals surface area (Å²) in [6.07, 6.45) is 0. The Kier molecular flexibility index (Phi) is 19.0. The Labute approximate surface area is 671 Å². The number of fused-ring (bicyclic) bond motifs is 6. The third kappa shape index (κ3) is 14.2. The van der Waals surface area contributed by atoms with Crippen LogP contribution in [-0.4, -0.2) is 9.13 Å². The number of nitriles is 1. The molecule has 5 nitrogen and oxygen atoms in total. The second-order valence-corrected chi connectivity index (χ2v) is 29.2. The number of hydrogen-bond acceptors (Lipinski definition) is 3. The molecule has 0 N–H and O–H groups in total. The van der Waals surface area contributed by atoms with Gasteiger partial charge in [0.25, 0.3) is 0 Å². The molecule has 0 spiro atoms. The van der Waals surface area contributed by atoms with Crippen LogP contribution in [0.25, 0.3) is 144 Å². The second-order valence-electron chi connectivity index (χ2n) is 29.2. The van der Waals surface area contributed by atoms with Crippen molar-refractivity contribution in [3.63, 3.8) is 0 Å². The van der Waals surface area contributed by atoms with E-state index in [0.717, 1.165) is 73.3 Å². The standard InChI is InChI=1S/C55H37N3.C55H40N2/c56-38-39-14-16-41(17-15-39)42-18-20-43(21-19-42)45-24-32-49(33-25-45)57(48-30-22-44(23-31-48)40-8-2-1-3-9-40)50-34-26-46(27-35-50)47-28-36-51(37-29-47)58-54-12-6-4-10-52(54)53-11-5-7-13-55(53)58;1-39-18-20-41(21-19-39)44-26-32-48(33-27-44)56(49-34-28-45(29-35-49)43-24-22-42(23-25-43)40-10-3-2-4-11-40)50-36-30-46(31-37-50)47-12-9-13-51(38-47)57-54-16-7-5-14-52(54)53-15-6-8-17-55(53)57/h1-37H;2-38H,1H3. The van der Waals surface area contributed by atoms with E-state index in [9.17, 15) is 5.26 Å². The highest BCUT2D eigenvalue weighted by atomic mass is 15.1. The molecule has 0 fully saturated rings. The zero-order valence-electron chi connectivity index (χ0n) is 63.5. The normalized spacial score (nSPS) is 11.2. The van der Waals surface area contributed by atoms with Crippen molar-refractivity contribution in [1.29, 1.82) is 5.26 Å². The Morgan fingerprint density at radius 3 is 0.704 bits per heavy atom. The molecule has 115 heavy (non-hydrogen) atoms. The van der Waals surface area contributed by atoms with Gasteiger partial charge in [-0.15, -0.1) is 0 Å². The van der Waals surface area contributed by atoms with E-state index in [-0.39, 0.29) is 0 Å². The van der Waals surface area contributed by atoms with Gasteiger partial charge >= 0.3 is 0 Å². The molecule has 0 aliphatic heterocycles. The maximum Gasteiger partial charge on any atom is 0.0991 e. The van der Waals surface area contributed by atoms with Crippen molar-refractivity contribution in [2.75, 3.05) is 9.80 Å². The molecular weight excluding hydrogens is 1390 g/mol. The molecule has 0 aliphatic carbocycles. The highest BCUT2D eigenvalue weighted by Crippen LogP contribution is 2.43. The Bertz CT molecular complexity index is 6740. The molecular formula is C110H77N5. The molecule has 20 rings (SSSR count). The van der Waals surface area contributed by atoms with Gasteiger partial charge in [0, 0.05) is 67.0 Å². The van der Waals surface area contributed by atoms with E-state index in [2.05, 4.69) is 457 Å². The first-order valence-corrected chi connectivity index (χ1v) is 39.1. The number of anilines is 6. The Balaban J connectivity index is 0.000000154. The molecule has 0 aliphatic rings. The van der Waals surface area contributed by atoms with Crippen molar-refractivity contribution in [3.8, 4) is 106 Å². The predicted octanol–water partition coefficient (Wildman–Crippen LogP) is 30.0. The molecule has 0 saturated carbocycles. The first kappa shape index (κ1) is 70.1. The predicted molar refractivity (Wildman–Crippen MR) is 484 cm³/mol. The van der Waals surface area contributed by atoms with Gasteiger partial charge in [-0.05, 0) is 229 Å². The summed E-state index contributed by atoms with van der Waals surface area (Å²) in [5, 5.41) is 14.2. The summed E-state index contributed by atoms with van der Waals surface area (Å²) >= 11 is 0. The van der Waals surface area contributed by atoms with Gasteiger partial charge < -0.3 is 18.9 Å². The first-order valence-electron chi connectivity index (χ1n) is 39.1. The third-order valence-corrected chi connectivity index (χ3v) is 22.2. The molecule has 2 aromatic heterocycles. The van der Waals surface area contributed by atoms with E-state index in [4.69, 9.17) is 0 Å². The number of hydrogen-bond donors (Lipinski definition) is 0. The lowest BCUT2D eigenvalue weighted by Crippen LogP contribution is -2.09. The molecule has 18 aromatic carbocycles. The van der Waals surface area contributed by atoms with Crippen LogP contribution in [0, 0.1) is 18.3 Å². The molecule has 5 heteroatoms. The minimum atomic E-state index is 0.666. The van der Waals surface area contributed by atoms with Gasteiger partial charge in [0.05, 0.1) is 33.7 Å². The monoisotopic (exact) mass is 1470 g/mol. The van der Waals surface area contributed by atoms with E-state index in [1.54, 1.807) is 0 Å². The van der Waals surface area contributed by atoms with Crippen LogP contribution in [0.5, 0.6) is 0 Å². The van der Waals surface area contributed by atoms with Gasteiger partial charge in [-0.2, -0.15) is 5.26 Å². The summed E-state index contributed by atoms with van der Waals surface area (Å²) in [5.41, 5.74) is 34.5. The van der Waals surface area contributed by atoms with Crippen molar-refractivity contribution in [2.24, 2.45) is 0 Å². The van der Waals surface area contributed by atoms with Gasteiger partial charge in [0.15, 0.2) is 0 Å². The SMILES string of the molecule is Cc1ccc(-c2ccc(N(c3ccc(-c4ccc(-c5ccccc5)cc4)cc3)c3ccc(-c4cccc(-n5c6ccccc6c6ccccc65)c4)cc3)cc2)cc1.N#Cc1ccc(-c2ccc(-c3ccc(N(c4ccc(-c5ccccc5)cc4)c4ccc(-c5ccc(-n6c7ccccc7c7ccccc76)cc5)cc4)cc3)cc2)cc1. The smallest absolute Gasteiger partial charge is 0.0991 e. The largest absolute Gasteiger partial charge is 0.311 e. The molecule has 0 radical (unpaired) electrons. The van der Waals surface area contributed by atoms with Crippen LogP contribution in [-0.2, 0) is 0 Å². The number of benzene rings is 18. The maximum absolute atomic E-state index is 9.18. The number of para-hydroxylation sites is 4. The summed E-state index contributed by atoms with van der Waals surface area (Å²) in [6.45, 7) is 2.13. The Morgan fingerprint density at radius 1 is 0.191 bits per heavy atom. The van der Waals surface area contributed by atoms with Crippen molar-refractivity contribution in [2.45, 2.75) is 6.92 Å². The average molecular weight is 1470 g/mol. The number of aromatic nitrogens is 2.